The van der Waals surface area contributed by atoms with Gasteiger partial charge in [-0.05, 0) is 48.9 Å². The molecule has 0 fully saturated rings. The van der Waals surface area contributed by atoms with Gasteiger partial charge in [0.25, 0.3) is 11.6 Å². The maximum absolute atomic E-state index is 12.4. The smallest absolute Gasteiger partial charge is 0.288 e. The summed E-state index contributed by atoms with van der Waals surface area (Å²) in [6.07, 6.45) is 1.30. The number of benzene rings is 2. The van der Waals surface area contributed by atoms with E-state index in [-0.39, 0.29) is 22.0 Å². The molecule has 0 aliphatic rings. The van der Waals surface area contributed by atoms with Crippen LogP contribution in [0.1, 0.15) is 11.3 Å². The third-order valence-corrected chi connectivity index (χ3v) is 4.30. The lowest BCUT2D eigenvalue weighted by atomic mass is 10.1. The van der Waals surface area contributed by atoms with E-state index in [1.165, 1.54) is 18.2 Å². The van der Waals surface area contributed by atoms with E-state index in [2.05, 4.69) is 5.32 Å². The number of nitro groups is 1. The Labute approximate surface area is 171 Å². The summed E-state index contributed by atoms with van der Waals surface area (Å²) in [5.74, 6) is 0.0270. The van der Waals surface area contributed by atoms with Crippen LogP contribution in [0.25, 0.3) is 17.4 Å². The molecule has 1 heterocycles. The van der Waals surface area contributed by atoms with Crippen LogP contribution in [0.4, 0.5) is 11.4 Å². The third kappa shape index (κ3) is 4.69. The van der Waals surface area contributed by atoms with Gasteiger partial charge in [-0.1, -0.05) is 23.7 Å². The summed E-state index contributed by atoms with van der Waals surface area (Å²) >= 11 is 5.82. The summed E-state index contributed by atoms with van der Waals surface area (Å²) in [5, 5.41) is 23.0. The summed E-state index contributed by atoms with van der Waals surface area (Å²) in [6, 6.07) is 16.5. The zero-order valence-corrected chi connectivity index (χ0v) is 15.9. The van der Waals surface area contributed by atoms with Crippen molar-refractivity contribution in [3.05, 3.63) is 86.6 Å². The molecular weight excluding hydrogens is 394 g/mol. The highest BCUT2D eigenvalue weighted by molar-refractivity contribution is 6.32. The van der Waals surface area contributed by atoms with Crippen LogP contribution >= 0.6 is 11.6 Å². The van der Waals surface area contributed by atoms with Crippen molar-refractivity contribution in [2.75, 3.05) is 5.32 Å². The number of furan rings is 1. The molecule has 0 aliphatic carbocycles. The number of amides is 1. The number of nitrogens with one attached hydrogen (secondary N) is 1. The van der Waals surface area contributed by atoms with Crippen molar-refractivity contribution in [2.45, 2.75) is 6.92 Å². The van der Waals surface area contributed by atoms with Crippen molar-refractivity contribution in [1.82, 2.24) is 0 Å². The molecule has 0 spiro atoms. The molecule has 0 saturated carbocycles. The van der Waals surface area contributed by atoms with Crippen LogP contribution in [0.3, 0.4) is 0 Å². The standard InChI is InChI=1S/C21H14ClN3O4/c1-13-3-2-4-16(9-13)24-21(26)15(12-23)10-17-6-8-20(29-17)14-5-7-18(22)19(11-14)25(27)28/h2-11H,1H3,(H,24,26)/b15-10+. The first kappa shape index (κ1) is 19.9. The number of carbonyl (C=O) groups is 1. The minimum Gasteiger partial charge on any atom is -0.457 e. The average molecular weight is 408 g/mol. The molecule has 144 valence electrons. The van der Waals surface area contributed by atoms with E-state index in [9.17, 15) is 20.2 Å². The topological polar surface area (TPSA) is 109 Å². The molecular formula is C21H14ClN3O4. The van der Waals surface area contributed by atoms with E-state index in [4.69, 9.17) is 16.0 Å². The van der Waals surface area contributed by atoms with E-state index in [0.717, 1.165) is 5.56 Å². The molecule has 0 unspecified atom stereocenters. The van der Waals surface area contributed by atoms with Gasteiger partial charge in [-0.2, -0.15) is 5.26 Å². The number of aryl methyl sites for hydroxylation is 1. The summed E-state index contributed by atoms with van der Waals surface area (Å²) in [7, 11) is 0. The number of hydrogen-bond acceptors (Lipinski definition) is 5. The Bertz CT molecular complexity index is 1170. The number of hydrogen-bond donors (Lipinski definition) is 1. The molecule has 3 aromatic rings. The fraction of sp³-hybridized carbons (Fsp3) is 0.0476. The summed E-state index contributed by atoms with van der Waals surface area (Å²) in [6.45, 7) is 1.89. The fourth-order valence-electron chi connectivity index (χ4n) is 2.60. The number of halogens is 1. The number of nitrogens with zero attached hydrogens (tertiary/aromatic N) is 2. The second-order valence-corrected chi connectivity index (χ2v) is 6.53. The summed E-state index contributed by atoms with van der Waals surface area (Å²) in [4.78, 5) is 22.8. The molecule has 8 heteroatoms. The van der Waals surface area contributed by atoms with E-state index in [1.807, 2.05) is 19.1 Å². The maximum Gasteiger partial charge on any atom is 0.288 e. The van der Waals surface area contributed by atoms with Gasteiger partial charge >= 0.3 is 0 Å². The molecule has 7 nitrogen and oxygen atoms in total. The van der Waals surface area contributed by atoms with E-state index in [1.54, 1.807) is 36.4 Å². The van der Waals surface area contributed by atoms with Gasteiger partial charge in [-0.25, -0.2) is 0 Å². The Morgan fingerprint density at radius 2 is 2.03 bits per heavy atom. The van der Waals surface area contributed by atoms with Gasteiger partial charge in [0.05, 0.1) is 4.92 Å². The van der Waals surface area contributed by atoms with Gasteiger partial charge in [0.15, 0.2) is 0 Å². The zero-order valence-electron chi connectivity index (χ0n) is 15.2. The van der Waals surface area contributed by atoms with Crippen molar-refractivity contribution in [2.24, 2.45) is 0 Å². The quantitative estimate of drug-likeness (QED) is 0.265. The van der Waals surface area contributed by atoms with Crippen molar-refractivity contribution in [3.63, 3.8) is 0 Å². The van der Waals surface area contributed by atoms with E-state index >= 15 is 0 Å². The molecule has 1 aromatic heterocycles. The first-order valence-electron chi connectivity index (χ1n) is 8.41. The molecule has 2 aromatic carbocycles. The average Bonchev–Trinajstić information content (AvgIpc) is 3.14. The first-order chi connectivity index (χ1) is 13.9. The Morgan fingerprint density at radius 1 is 1.24 bits per heavy atom. The predicted octanol–water partition coefficient (Wildman–Crippen LogP) is 5.36. The van der Waals surface area contributed by atoms with Crippen molar-refractivity contribution >= 4 is 35.0 Å². The largest absolute Gasteiger partial charge is 0.457 e. The van der Waals surface area contributed by atoms with Gasteiger partial charge in [0.1, 0.15) is 28.2 Å². The molecule has 0 saturated heterocycles. The van der Waals surface area contributed by atoms with Gasteiger partial charge in [0, 0.05) is 23.4 Å². The normalized spacial score (nSPS) is 11.0. The van der Waals surface area contributed by atoms with Crippen LogP contribution in [-0.2, 0) is 4.79 Å². The van der Waals surface area contributed by atoms with Crippen LogP contribution in [0.2, 0.25) is 5.02 Å². The third-order valence-electron chi connectivity index (χ3n) is 3.98. The molecule has 1 N–H and O–H groups in total. The number of rotatable bonds is 5. The van der Waals surface area contributed by atoms with Crippen LogP contribution in [-0.4, -0.2) is 10.8 Å². The Morgan fingerprint density at radius 3 is 2.72 bits per heavy atom. The zero-order chi connectivity index (χ0) is 21.0. The van der Waals surface area contributed by atoms with Crippen molar-refractivity contribution < 1.29 is 14.1 Å². The van der Waals surface area contributed by atoms with Crippen LogP contribution in [0.15, 0.2) is 64.6 Å². The maximum atomic E-state index is 12.4. The van der Waals surface area contributed by atoms with Gasteiger partial charge in [-0.15, -0.1) is 0 Å². The highest BCUT2D eigenvalue weighted by Crippen LogP contribution is 2.31. The lowest BCUT2D eigenvalue weighted by Crippen LogP contribution is -2.13. The summed E-state index contributed by atoms with van der Waals surface area (Å²) < 4.78 is 5.62. The van der Waals surface area contributed by atoms with E-state index < -0.39 is 10.8 Å². The monoisotopic (exact) mass is 407 g/mol. The lowest BCUT2D eigenvalue weighted by Gasteiger charge is -2.04. The Hall–Kier alpha value is -3.89. The van der Waals surface area contributed by atoms with Gasteiger partial charge in [0.2, 0.25) is 0 Å². The molecule has 29 heavy (non-hydrogen) atoms. The molecule has 0 radical (unpaired) electrons. The minimum atomic E-state index is -0.584. The van der Waals surface area contributed by atoms with Crippen LogP contribution in [0, 0.1) is 28.4 Å². The van der Waals surface area contributed by atoms with Gasteiger partial charge in [-0.3, -0.25) is 14.9 Å². The molecule has 1 amide bonds. The van der Waals surface area contributed by atoms with Crippen LogP contribution < -0.4 is 5.32 Å². The minimum absolute atomic E-state index is 0.0185. The number of anilines is 1. The number of nitro benzene ring substituents is 1. The Kier molecular flexibility index (Phi) is 5.77. The predicted molar refractivity (Wildman–Crippen MR) is 109 cm³/mol. The molecule has 0 bridgehead atoms. The second kappa shape index (κ2) is 8.42. The summed E-state index contributed by atoms with van der Waals surface area (Å²) in [5.41, 5.74) is 1.61. The first-order valence-corrected chi connectivity index (χ1v) is 8.79. The number of carbonyl (C=O) groups excluding carboxylic acids is 1. The van der Waals surface area contributed by atoms with Crippen molar-refractivity contribution in [1.29, 1.82) is 5.26 Å². The van der Waals surface area contributed by atoms with Gasteiger partial charge < -0.3 is 9.73 Å². The highest BCUT2D eigenvalue weighted by Gasteiger charge is 2.16. The Balaban J connectivity index is 1.84. The molecule has 0 atom stereocenters. The second-order valence-electron chi connectivity index (χ2n) is 6.12. The fourth-order valence-corrected chi connectivity index (χ4v) is 2.79. The highest BCUT2D eigenvalue weighted by atomic mass is 35.5. The van der Waals surface area contributed by atoms with Crippen molar-refractivity contribution in [3.8, 4) is 17.4 Å². The lowest BCUT2D eigenvalue weighted by molar-refractivity contribution is -0.384. The molecule has 0 aliphatic heterocycles. The van der Waals surface area contributed by atoms with Crippen LogP contribution in [0.5, 0.6) is 0 Å². The number of nitriles is 1. The SMILES string of the molecule is Cc1cccc(NC(=O)/C(C#N)=C/c2ccc(-c3ccc(Cl)c([N+](=O)[O-])c3)o2)c1. The molecule has 3 rings (SSSR count). The van der Waals surface area contributed by atoms with E-state index in [0.29, 0.717) is 17.0 Å².